The number of benzene rings is 3. The standard InChI is InChI=1S/C34H40BN5O4/c1-22-24(20-37-38-36)19-30(23(2)31(22)35-43-33(3,4)34(5,6)44-35)39-15-17-40(18-16-39)32(41)42-21-29-27-13-9-7-11-25(27)26-12-8-10-14-28(26)29/h7-14,19,29H,15-18,20-21H2,1-6H3. The first-order valence-corrected chi connectivity index (χ1v) is 15.4. The number of azide groups is 1. The summed E-state index contributed by atoms with van der Waals surface area (Å²) in [4.78, 5) is 20.3. The van der Waals surface area contributed by atoms with Crippen LogP contribution in [0, 0.1) is 13.8 Å². The topological polar surface area (TPSA) is 100 Å². The van der Waals surface area contributed by atoms with Crippen molar-refractivity contribution in [2.75, 3.05) is 37.7 Å². The average molecular weight is 594 g/mol. The van der Waals surface area contributed by atoms with E-state index in [-0.39, 0.29) is 18.6 Å². The molecule has 9 nitrogen and oxygen atoms in total. The van der Waals surface area contributed by atoms with E-state index in [9.17, 15) is 4.79 Å². The molecule has 2 saturated heterocycles. The van der Waals surface area contributed by atoms with Crippen molar-refractivity contribution < 1.29 is 18.8 Å². The second-order valence-electron chi connectivity index (χ2n) is 13.0. The summed E-state index contributed by atoms with van der Waals surface area (Å²) in [7, 11) is -0.535. The number of anilines is 1. The van der Waals surface area contributed by atoms with E-state index in [4.69, 9.17) is 19.6 Å². The first kappa shape index (κ1) is 30.1. The first-order chi connectivity index (χ1) is 21.0. The van der Waals surface area contributed by atoms with Gasteiger partial charge in [-0.05, 0) is 97.5 Å². The van der Waals surface area contributed by atoms with Crippen molar-refractivity contribution in [3.63, 3.8) is 0 Å². The van der Waals surface area contributed by atoms with Crippen LogP contribution >= 0.6 is 0 Å². The highest BCUT2D eigenvalue weighted by Gasteiger charge is 2.52. The molecule has 3 aliphatic rings. The number of amides is 1. The zero-order valence-corrected chi connectivity index (χ0v) is 26.5. The predicted molar refractivity (Wildman–Crippen MR) is 173 cm³/mol. The Balaban J connectivity index is 1.17. The number of carbonyl (C=O) groups is 1. The van der Waals surface area contributed by atoms with E-state index in [0.717, 1.165) is 27.8 Å². The van der Waals surface area contributed by atoms with Gasteiger partial charge < -0.3 is 23.8 Å². The van der Waals surface area contributed by atoms with Gasteiger partial charge in [-0.3, -0.25) is 0 Å². The van der Waals surface area contributed by atoms with Gasteiger partial charge in [-0.15, -0.1) is 0 Å². The number of fused-ring (bicyclic) bond motifs is 3. The highest BCUT2D eigenvalue weighted by Crippen LogP contribution is 2.44. The minimum atomic E-state index is -0.535. The third-order valence-electron chi connectivity index (χ3n) is 9.99. The Hall–Kier alpha value is -3.98. The van der Waals surface area contributed by atoms with Crippen molar-refractivity contribution in [3.8, 4) is 11.1 Å². The molecule has 3 aromatic carbocycles. The third kappa shape index (κ3) is 5.21. The van der Waals surface area contributed by atoms with Gasteiger partial charge in [-0.2, -0.15) is 0 Å². The van der Waals surface area contributed by atoms with E-state index in [1.54, 1.807) is 4.90 Å². The Morgan fingerprint density at radius 3 is 2.09 bits per heavy atom. The minimum Gasteiger partial charge on any atom is -0.448 e. The van der Waals surface area contributed by atoms with Crippen LogP contribution in [0.4, 0.5) is 10.5 Å². The number of ether oxygens (including phenoxy) is 1. The molecule has 2 aliphatic heterocycles. The molecular formula is C34H40BN5O4. The number of hydrogen-bond donors (Lipinski definition) is 0. The molecule has 0 unspecified atom stereocenters. The summed E-state index contributed by atoms with van der Waals surface area (Å²) >= 11 is 0. The summed E-state index contributed by atoms with van der Waals surface area (Å²) < 4.78 is 18.9. The summed E-state index contributed by atoms with van der Waals surface area (Å²) in [6.07, 6.45) is -0.283. The molecule has 2 fully saturated rings. The van der Waals surface area contributed by atoms with E-state index < -0.39 is 18.3 Å². The lowest BCUT2D eigenvalue weighted by atomic mass is 9.71. The molecule has 0 N–H and O–H groups in total. The van der Waals surface area contributed by atoms with Crippen LogP contribution in [-0.4, -0.2) is 62.1 Å². The van der Waals surface area contributed by atoms with Gasteiger partial charge in [0.2, 0.25) is 0 Å². The summed E-state index contributed by atoms with van der Waals surface area (Å²) in [5.41, 5.74) is 18.0. The van der Waals surface area contributed by atoms with Gasteiger partial charge in [0.05, 0.1) is 17.7 Å². The molecule has 228 valence electrons. The van der Waals surface area contributed by atoms with Crippen LogP contribution in [0.25, 0.3) is 21.6 Å². The molecule has 10 heteroatoms. The van der Waals surface area contributed by atoms with Crippen molar-refractivity contribution in [1.82, 2.24) is 4.90 Å². The maximum Gasteiger partial charge on any atom is 0.495 e. The van der Waals surface area contributed by atoms with Crippen molar-refractivity contribution in [3.05, 3.63) is 92.9 Å². The lowest BCUT2D eigenvalue weighted by Crippen LogP contribution is -2.50. The molecule has 0 spiro atoms. The van der Waals surface area contributed by atoms with Crippen molar-refractivity contribution in [2.45, 2.75) is 65.2 Å². The van der Waals surface area contributed by atoms with E-state index in [1.165, 1.54) is 22.3 Å². The maximum absolute atomic E-state index is 13.3. The second kappa shape index (κ2) is 11.5. The SMILES string of the molecule is Cc1c(CN=[N+]=[N-])cc(N2CCN(C(=O)OCC3c4ccccc4-c4ccccc43)CC2)c(C)c1B1OC(C)(C)C(C)(C)O1. The van der Waals surface area contributed by atoms with E-state index in [2.05, 4.69) is 64.3 Å². The molecule has 1 amide bonds. The average Bonchev–Trinajstić information content (AvgIpc) is 3.44. The molecule has 0 bridgehead atoms. The van der Waals surface area contributed by atoms with E-state index in [0.29, 0.717) is 32.8 Å². The van der Waals surface area contributed by atoms with Gasteiger partial charge in [0, 0.05) is 42.7 Å². The van der Waals surface area contributed by atoms with Crippen molar-refractivity contribution >= 4 is 24.4 Å². The molecule has 44 heavy (non-hydrogen) atoms. The maximum atomic E-state index is 13.3. The Labute approximate surface area is 259 Å². The molecule has 0 atom stereocenters. The third-order valence-corrected chi connectivity index (χ3v) is 9.99. The van der Waals surface area contributed by atoms with Gasteiger partial charge in [-0.1, -0.05) is 53.6 Å². The lowest BCUT2D eigenvalue weighted by molar-refractivity contribution is 0.00578. The summed E-state index contributed by atoms with van der Waals surface area (Å²) in [6.45, 7) is 15.3. The van der Waals surface area contributed by atoms with E-state index in [1.807, 2.05) is 46.8 Å². The molecule has 0 saturated carbocycles. The van der Waals surface area contributed by atoms with Crippen LogP contribution in [-0.2, 0) is 20.6 Å². The van der Waals surface area contributed by atoms with Gasteiger partial charge in [0.25, 0.3) is 0 Å². The van der Waals surface area contributed by atoms with Crippen molar-refractivity contribution in [2.24, 2.45) is 5.11 Å². The molecule has 1 aliphatic carbocycles. The molecule has 6 rings (SSSR count). The van der Waals surface area contributed by atoms with E-state index >= 15 is 0 Å². The molecule has 3 aromatic rings. The van der Waals surface area contributed by atoms with Gasteiger partial charge in [0.15, 0.2) is 0 Å². The smallest absolute Gasteiger partial charge is 0.448 e. The number of carbonyl (C=O) groups excluding carboxylic acids is 1. The van der Waals surface area contributed by atoms with Crippen LogP contribution < -0.4 is 10.4 Å². The number of piperazine rings is 1. The fraction of sp³-hybridized carbons (Fsp3) is 0.441. The van der Waals surface area contributed by atoms with Gasteiger partial charge in [0.1, 0.15) is 6.61 Å². The Bertz CT molecular complexity index is 1580. The number of hydrogen-bond acceptors (Lipinski definition) is 6. The largest absolute Gasteiger partial charge is 0.495 e. The fourth-order valence-electron chi connectivity index (χ4n) is 6.70. The first-order valence-electron chi connectivity index (χ1n) is 15.4. The summed E-state index contributed by atoms with van der Waals surface area (Å²) in [5, 5.41) is 3.87. The number of rotatable bonds is 6. The monoisotopic (exact) mass is 593 g/mol. The van der Waals surface area contributed by atoms with Crippen LogP contribution in [0.2, 0.25) is 0 Å². The van der Waals surface area contributed by atoms with Gasteiger partial charge >= 0.3 is 13.2 Å². The lowest BCUT2D eigenvalue weighted by Gasteiger charge is -2.37. The predicted octanol–water partition coefficient (Wildman–Crippen LogP) is 6.48. The molecule has 0 radical (unpaired) electrons. The van der Waals surface area contributed by atoms with Crippen LogP contribution in [0.1, 0.15) is 61.4 Å². The second-order valence-corrected chi connectivity index (χ2v) is 13.0. The minimum absolute atomic E-state index is 0.0331. The Morgan fingerprint density at radius 2 is 1.52 bits per heavy atom. The highest BCUT2D eigenvalue weighted by atomic mass is 16.7. The zero-order valence-electron chi connectivity index (χ0n) is 26.5. The van der Waals surface area contributed by atoms with Crippen LogP contribution in [0.3, 0.4) is 0 Å². The molecular weight excluding hydrogens is 553 g/mol. The summed E-state index contributed by atoms with van der Waals surface area (Å²) in [6, 6.07) is 18.8. The summed E-state index contributed by atoms with van der Waals surface area (Å²) in [5.74, 6) is 0.0331. The highest BCUT2D eigenvalue weighted by molar-refractivity contribution is 6.63. The van der Waals surface area contributed by atoms with Crippen LogP contribution in [0.5, 0.6) is 0 Å². The van der Waals surface area contributed by atoms with Crippen LogP contribution in [0.15, 0.2) is 59.7 Å². The Kier molecular flexibility index (Phi) is 7.86. The van der Waals surface area contributed by atoms with Gasteiger partial charge in [-0.25, -0.2) is 4.79 Å². The quantitative estimate of drug-likeness (QED) is 0.141. The Morgan fingerprint density at radius 1 is 0.955 bits per heavy atom. The molecule has 2 heterocycles. The zero-order chi connectivity index (χ0) is 31.2. The fourth-order valence-corrected chi connectivity index (χ4v) is 6.70. The number of nitrogens with zero attached hydrogens (tertiary/aromatic N) is 5. The molecule has 0 aromatic heterocycles. The van der Waals surface area contributed by atoms with Crippen molar-refractivity contribution in [1.29, 1.82) is 0 Å². The normalized spacial score (nSPS) is 18.5.